The van der Waals surface area contributed by atoms with Gasteiger partial charge in [0.2, 0.25) is 5.91 Å². The average molecular weight is 356 g/mol. The van der Waals surface area contributed by atoms with E-state index in [0.29, 0.717) is 11.6 Å². The first-order valence-electron chi connectivity index (χ1n) is 8.77. The molecule has 2 heterocycles. The lowest BCUT2D eigenvalue weighted by atomic mass is 10.0. The number of esters is 1. The summed E-state index contributed by atoms with van der Waals surface area (Å²) in [5, 5.41) is 7.21. The molecule has 1 aliphatic rings. The molecule has 1 N–H and O–H groups in total. The zero-order chi connectivity index (χ0) is 18.5. The molecule has 0 unspecified atom stereocenters. The first-order chi connectivity index (χ1) is 12.6. The van der Waals surface area contributed by atoms with Gasteiger partial charge in [-0.15, -0.1) is 0 Å². The fraction of sp³-hybridized carbons (Fsp3) is 0.421. The van der Waals surface area contributed by atoms with E-state index in [1.165, 1.54) is 19.6 Å². The number of piperidine rings is 1. The van der Waals surface area contributed by atoms with E-state index in [1.54, 1.807) is 18.3 Å². The summed E-state index contributed by atoms with van der Waals surface area (Å²) in [4.78, 5) is 25.2. The lowest BCUT2D eigenvalue weighted by Gasteiger charge is -2.32. The molecule has 1 aliphatic heterocycles. The van der Waals surface area contributed by atoms with Crippen LogP contribution in [0.2, 0.25) is 0 Å². The van der Waals surface area contributed by atoms with Gasteiger partial charge in [-0.2, -0.15) is 5.10 Å². The molecule has 1 aromatic carbocycles. The van der Waals surface area contributed by atoms with E-state index in [1.807, 2.05) is 22.9 Å². The number of aromatic nitrogens is 2. The molecule has 1 amide bonds. The van der Waals surface area contributed by atoms with Gasteiger partial charge >= 0.3 is 5.97 Å². The lowest BCUT2D eigenvalue weighted by molar-refractivity contribution is -0.114. The number of methoxy groups -OCH3 is 1. The van der Waals surface area contributed by atoms with Crippen molar-refractivity contribution in [2.45, 2.75) is 32.4 Å². The lowest BCUT2D eigenvalue weighted by Crippen LogP contribution is -2.34. The van der Waals surface area contributed by atoms with E-state index in [9.17, 15) is 9.59 Å². The number of amides is 1. The first kappa shape index (κ1) is 18.1. The minimum absolute atomic E-state index is 0.0837. The monoisotopic (exact) mass is 356 g/mol. The number of nitrogens with one attached hydrogen (secondary N) is 1. The van der Waals surface area contributed by atoms with Crippen molar-refractivity contribution in [1.29, 1.82) is 0 Å². The van der Waals surface area contributed by atoms with Crippen LogP contribution in [0.3, 0.4) is 0 Å². The maximum absolute atomic E-state index is 11.5. The van der Waals surface area contributed by atoms with Gasteiger partial charge in [0, 0.05) is 32.6 Å². The normalized spacial score (nSPS) is 15.6. The highest BCUT2D eigenvalue weighted by Crippen LogP contribution is 2.26. The van der Waals surface area contributed by atoms with Crippen molar-refractivity contribution in [3.63, 3.8) is 0 Å². The Morgan fingerprint density at radius 2 is 1.88 bits per heavy atom. The summed E-state index contributed by atoms with van der Waals surface area (Å²) in [6.45, 7) is 4.28. The molecule has 2 aromatic rings. The highest BCUT2D eigenvalue weighted by molar-refractivity contribution is 5.89. The van der Waals surface area contributed by atoms with Crippen molar-refractivity contribution in [2.75, 3.05) is 25.5 Å². The molecule has 1 fully saturated rings. The summed E-state index contributed by atoms with van der Waals surface area (Å²) in [7, 11) is 1.39. The quantitative estimate of drug-likeness (QED) is 0.833. The Morgan fingerprint density at radius 3 is 2.50 bits per heavy atom. The highest BCUT2D eigenvalue weighted by atomic mass is 16.5. The van der Waals surface area contributed by atoms with Gasteiger partial charge in [-0.05, 0) is 30.5 Å². The number of hydrogen-bond acceptors (Lipinski definition) is 5. The summed E-state index contributed by atoms with van der Waals surface area (Å²) in [5.74, 6) is 0.362. The molecular formula is C19H24N4O3. The third-order valence-electron chi connectivity index (χ3n) is 4.66. The zero-order valence-electron chi connectivity index (χ0n) is 15.1. The standard InChI is InChI=1S/C19H24N4O3/c1-14(24)21-18-7-10-20-23(18)17-8-11-22(12-9-17)13-15-3-5-16(6-4-15)19(25)26-2/h3-7,10,17H,8-9,11-13H2,1-2H3,(H,21,24). The Balaban J connectivity index is 1.55. The van der Waals surface area contributed by atoms with Crippen LogP contribution in [0, 0.1) is 0 Å². The van der Waals surface area contributed by atoms with E-state index in [0.717, 1.165) is 38.3 Å². The molecule has 0 bridgehead atoms. The van der Waals surface area contributed by atoms with Gasteiger partial charge < -0.3 is 10.1 Å². The molecule has 0 atom stereocenters. The van der Waals surface area contributed by atoms with Gasteiger partial charge in [-0.3, -0.25) is 9.69 Å². The second-order valence-corrected chi connectivity index (χ2v) is 6.54. The van der Waals surface area contributed by atoms with E-state index < -0.39 is 0 Å². The molecule has 7 nitrogen and oxygen atoms in total. The summed E-state index contributed by atoms with van der Waals surface area (Å²) < 4.78 is 6.64. The second-order valence-electron chi connectivity index (χ2n) is 6.54. The molecule has 0 spiro atoms. The number of nitrogens with zero attached hydrogens (tertiary/aromatic N) is 3. The van der Waals surface area contributed by atoms with Crippen LogP contribution < -0.4 is 5.32 Å². The molecule has 26 heavy (non-hydrogen) atoms. The second kappa shape index (κ2) is 8.14. The largest absolute Gasteiger partial charge is 0.465 e. The van der Waals surface area contributed by atoms with Gasteiger partial charge in [-0.1, -0.05) is 12.1 Å². The van der Waals surface area contributed by atoms with Crippen LogP contribution in [0.15, 0.2) is 36.5 Å². The van der Waals surface area contributed by atoms with Gasteiger partial charge in [0.25, 0.3) is 0 Å². The summed E-state index contributed by atoms with van der Waals surface area (Å²) in [5.41, 5.74) is 1.74. The number of anilines is 1. The van der Waals surface area contributed by atoms with Gasteiger partial charge in [0.15, 0.2) is 0 Å². The Kier molecular flexibility index (Phi) is 5.68. The van der Waals surface area contributed by atoms with Crippen molar-refractivity contribution in [2.24, 2.45) is 0 Å². The van der Waals surface area contributed by atoms with Crippen LogP contribution >= 0.6 is 0 Å². The van der Waals surface area contributed by atoms with Crippen LogP contribution in [-0.4, -0.2) is 46.8 Å². The van der Waals surface area contributed by atoms with Gasteiger partial charge in [0.1, 0.15) is 5.82 Å². The number of ether oxygens (including phenoxy) is 1. The summed E-state index contributed by atoms with van der Waals surface area (Å²) in [6.07, 6.45) is 3.68. The zero-order valence-corrected chi connectivity index (χ0v) is 15.1. The SMILES string of the molecule is COC(=O)c1ccc(CN2CCC(n3nccc3NC(C)=O)CC2)cc1. The minimum Gasteiger partial charge on any atom is -0.465 e. The Bertz CT molecular complexity index is 761. The molecular weight excluding hydrogens is 332 g/mol. The predicted octanol–water partition coefficient (Wildman–Crippen LogP) is 2.47. The number of rotatable bonds is 5. The highest BCUT2D eigenvalue weighted by Gasteiger charge is 2.23. The van der Waals surface area contributed by atoms with Gasteiger partial charge in [0.05, 0.1) is 24.9 Å². The van der Waals surface area contributed by atoms with Crippen LogP contribution in [-0.2, 0) is 16.1 Å². The molecule has 1 saturated heterocycles. The Morgan fingerprint density at radius 1 is 1.19 bits per heavy atom. The third-order valence-corrected chi connectivity index (χ3v) is 4.66. The fourth-order valence-corrected chi connectivity index (χ4v) is 3.33. The topological polar surface area (TPSA) is 76.5 Å². The molecule has 138 valence electrons. The van der Waals surface area contributed by atoms with Crippen molar-refractivity contribution in [3.8, 4) is 0 Å². The fourth-order valence-electron chi connectivity index (χ4n) is 3.33. The van der Waals surface area contributed by atoms with Crippen LogP contribution in [0.5, 0.6) is 0 Å². The van der Waals surface area contributed by atoms with E-state index in [4.69, 9.17) is 4.74 Å². The van der Waals surface area contributed by atoms with Crippen molar-refractivity contribution >= 4 is 17.7 Å². The Labute approximate surface area is 152 Å². The van der Waals surface area contributed by atoms with E-state index in [-0.39, 0.29) is 11.9 Å². The number of likely N-dealkylation sites (tertiary alicyclic amines) is 1. The minimum atomic E-state index is -0.313. The maximum atomic E-state index is 11.5. The van der Waals surface area contributed by atoms with Crippen molar-refractivity contribution < 1.29 is 14.3 Å². The van der Waals surface area contributed by atoms with Crippen molar-refractivity contribution in [3.05, 3.63) is 47.7 Å². The Hall–Kier alpha value is -2.67. The van der Waals surface area contributed by atoms with Crippen LogP contribution in [0.1, 0.15) is 41.7 Å². The number of carbonyl (C=O) groups excluding carboxylic acids is 2. The molecule has 7 heteroatoms. The van der Waals surface area contributed by atoms with Crippen molar-refractivity contribution in [1.82, 2.24) is 14.7 Å². The number of hydrogen-bond donors (Lipinski definition) is 1. The van der Waals surface area contributed by atoms with E-state index >= 15 is 0 Å². The summed E-state index contributed by atoms with van der Waals surface area (Å²) >= 11 is 0. The maximum Gasteiger partial charge on any atom is 0.337 e. The summed E-state index contributed by atoms with van der Waals surface area (Å²) in [6, 6.07) is 9.68. The van der Waals surface area contributed by atoms with Crippen LogP contribution in [0.4, 0.5) is 5.82 Å². The molecule has 0 saturated carbocycles. The average Bonchev–Trinajstić information content (AvgIpc) is 3.09. The number of benzene rings is 1. The predicted molar refractivity (Wildman–Crippen MR) is 97.9 cm³/mol. The molecule has 3 rings (SSSR count). The first-order valence-corrected chi connectivity index (χ1v) is 8.77. The molecule has 1 aromatic heterocycles. The van der Waals surface area contributed by atoms with E-state index in [2.05, 4.69) is 15.3 Å². The molecule has 0 radical (unpaired) electrons. The number of carbonyl (C=O) groups is 2. The third kappa shape index (κ3) is 4.29. The van der Waals surface area contributed by atoms with Crippen LogP contribution in [0.25, 0.3) is 0 Å². The van der Waals surface area contributed by atoms with Gasteiger partial charge in [-0.25, -0.2) is 9.48 Å². The smallest absolute Gasteiger partial charge is 0.337 e. The molecule has 0 aliphatic carbocycles.